The molecule has 11 heavy (non-hydrogen) atoms. The lowest BCUT2D eigenvalue weighted by atomic mass is 10.1. The van der Waals surface area contributed by atoms with E-state index in [2.05, 4.69) is 0 Å². The summed E-state index contributed by atoms with van der Waals surface area (Å²) in [6, 6.07) is 0. The molecule has 0 N–H and O–H groups in total. The molecular weight excluding hydrogens is 160 g/mol. The molecule has 0 aromatic heterocycles. The Labute approximate surface area is 63.6 Å². The van der Waals surface area contributed by atoms with Gasteiger partial charge in [0.15, 0.2) is 0 Å². The third-order valence-electron chi connectivity index (χ3n) is 1.42. The van der Waals surface area contributed by atoms with Crippen LogP contribution in [0.2, 0.25) is 0 Å². The highest BCUT2D eigenvalue weighted by molar-refractivity contribution is 4.56. The van der Waals surface area contributed by atoms with Crippen molar-refractivity contribution >= 4 is 0 Å². The van der Waals surface area contributed by atoms with E-state index in [4.69, 9.17) is 0 Å². The Kier molecular flexibility index (Phi) is 4.45. The summed E-state index contributed by atoms with van der Waals surface area (Å²) in [5.41, 5.74) is 0. The first kappa shape index (κ1) is 10.7. The lowest BCUT2D eigenvalue weighted by molar-refractivity contribution is -0.136. The third-order valence-corrected chi connectivity index (χ3v) is 1.42. The highest BCUT2D eigenvalue weighted by Crippen LogP contribution is 2.23. The van der Waals surface area contributed by atoms with E-state index in [9.17, 15) is 17.6 Å². The number of halogens is 4. The second-order valence-electron chi connectivity index (χ2n) is 2.51. The van der Waals surface area contributed by atoms with Crippen LogP contribution in [0.15, 0.2) is 0 Å². The Morgan fingerprint density at radius 2 is 1.82 bits per heavy atom. The van der Waals surface area contributed by atoms with Crippen molar-refractivity contribution in [3.8, 4) is 0 Å². The molecule has 0 aliphatic carbocycles. The fraction of sp³-hybridized carbons (Fsp3) is 1.00. The van der Waals surface area contributed by atoms with E-state index < -0.39 is 18.8 Å². The molecule has 0 saturated heterocycles. The molecule has 0 aliphatic heterocycles. The highest BCUT2D eigenvalue weighted by atomic mass is 19.4. The molecule has 0 fully saturated rings. The first-order valence-electron chi connectivity index (χ1n) is 3.66. The van der Waals surface area contributed by atoms with Crippen molar-refractivity contribution in [2.45, 2.75) is 45.0 Å². The molecule has 0 spiro atoms. The number of hydrogen-bond donors (Lipinski definition) is 0. The van der Waals surface area contributed by atoms with Crippen LogP contribution in [-0.4, -0.2) is 12.3 Å². The van der Waals surface area contributed by atoms with Gasteiger partial charge in [0.25, 0.3) is 0 Å². The van der Waals surface area contributed by atoms with Gasteiger partial charge in [-0.25, -0.2) is 4.39 Å². The minimum Gasteiger partial charge on any atom is -0.248 e. The zero-order chi connectivity index (χ0) is 8.91. The van der Waals surface area contributed by atoms with Gasteiger partial charge in [-0.15, -0.1) is 0 Å². The Bertz CT molecular complexity index is 97.1. The maximum Gasteiger partial charge on any atom is 0.389 e. The monoisotopic (exact) mass is 172 g/mol. The average molecular weight is 172 g/mol. The first-order valence-corrected chi connectivity index (χ1v) is 3.66. The van der Waals surface area contributed by atoms with Crippen molar-refractivity contribution in [3.05, 3.63) is 0 Å². The molecule has 0 aliphatic rings. The normalized spacial score (nSPS) is 15.0. The van der Waals surface area contributed by atoms with Gasteiger partial charge < -0.3 is 0 Å². The van der Waals surface area contributed by atoms with Gasteiger partial charge >= 0.3 is 6.18 Å². The molecule has 0 nitrogen and oxygen atoms in total. The molecule has 68 valence electrons. The molecule has 0 aromatic rings. The summed E-state index contributed by atoms with van der Waals surface area (Å²) in [4.78, 5) is 0. The van der Waals surface area contributed by atoms with E-state index in [1.54, 1.807) is 6.92 Å². The smallest absolute Gasteiger partial charge is 0.248 e. The van der Waals surface area contributed by atoms with Crippen LogP contribution in [0.1, 0.15) is 32.6 Å². The topological polar surface area (TPSA) is 0 Å². The number of alkyl halides is 4. The molecule has 0 bridgehead atoms. The summed E-state index contributed by atoms with van der Waals surface area (Å²) in [7, 11) is 0. The van der Waals surface area contributed by atoms with Crippen molar-refractivity contribution in [1.29, 1.82) is 0 Å². The maximum atomic E-state index is 12.3. The molecule has 0 amide bonds. The summed E-state index contributed by atoms with van der Waals surface area (Å²) in [6.45, 7) is 1.62. The van der Waals surface area contributed by atoms with Gasteiger partial charge in [0.1, 0.15) is 0 Å². The predicted molar refractivity (Wildman–Crippen MR) is 35.1 cm³/mol. The minimum atomic E-state index is -4.13. The lowest BCUT2D eigenvalue weighted by Gasteiger charge is -2.07. The Balaban J connectivity index is 3.28. The summed E-state index contributed by atoms with van der Waals surface area (Å²) in [6.07, 6.45) is -5.84. The summed E-state index contributed by atoms with van der Waals surface area (Å²) >= 11 is 0. The quantitative estimate of drug-likeness (QED) is 0.569. The van der Waals surface area contributed by atoms with Crippen LogP contribution in [0.3, 0.4) is 0 Å². The van der Waals surface area contributed by atoms with Crippen molar-refractivity contribution in [3.63, 3.8) is 0 Å². The van der Waals surface area contributed by atoms with E-state index in [0.29, 0.717) is 6.42 Å². The van der Waals surface area contributed by atoms with Gasteiger partial charge in [-0.05, 0) is 19.3 Å². The Morgan fingerprint density at radius 1 is 1.27 bits per heavy atom. The van der Waals surface area contributed by atoms with E-state index in [1.807, 2.05) is 0 Å². The van der Waals surface area contributed by atoms with Crippen LogP contribution in [0.5, 0.6) is 0 Å². The zero-order valence-corrected chi connectivity index (χ0v) is 6.42. The second-order valence-corrected chi connectivity index (χ2v) is 2.51. The average Bonchev–Trinajstić information content (AvgIpc) is 1.85. The molecule has 0 heterocycles. The molecule has 0 radical (unpaired) electrons. The van der Waals surface area contributed by atoms with E-state index >= 15 is 0 Å². The maximum absolute atomic E-state index is 12.3. The minimum absolute atomic E-state index is 0.0238. The SMILES string of the molecule is CCC(F)CCCC(F)(F)F. The molecular formula is C7H12F4. The highest BCUT2D eigenvalue weighted by Gasteiger charge is 2.26. The molecule has 0 rings (SSSR count). The number of rotatable bonds is 4. The van der Waals surface area contributed by atoms with Gasteiger partial charge in [-0.1, -0.05) is 6.92 Å². The van der Waals surface area contributed by atoms with Gasteiger partial charge in [-0.3, -0.25) is 0 Å². The van der Waals surface area contributed by atoms with Crippen LogP contribution in [0, 0.1) is 0 Å². The zero-order valence-electron chi connectivity index (χ0n) is 6.42. The van der Waals surface area contributed by atoms with Crippen LogP contribution in [0.4, 0.5) is 17.6 Å². The van der Waals surface area contributed by atoms with Gasteiger partial charge in [0.05, 0.1) is 6.17 Å². The molecule has 0 saturated carbocycles. The van der Waals surface area contributed by atoms with Crippen molar-refractivity contribution < 1.29 is 17.6 Å². The van der Waals surface area contributed by atoms with E-state index in [-0.39, 0.29) is 12.8 Å². The largest absolute Gasteiger partial charge is 0.389 e. The predicted octanol–water partition coefficient (Wildman–Crippen LogP) is 3.47. The second kappa shape index (κ2) is 4.57. The van der Waals surface area contributed by atoms with Crippen LogP contribution in [-0.2, 0) is 0 Å². The van der Waals surface area contributed by atoms with Crippen LogP contribution < -0.4 is 0 Å². The summed E-state index contributed by atoms with van der Waals surface area (Å²) < 4.78 is 46.8. The molecule has 4 heteroatoms. The van der Waals surface area contributed by atoms with Gasteiger partial charge in [0, 0.05) is 6.42 Å². The molecule has 1 unspecified atom stereocenters. The van der Waals surface area contributed by atoms with Crippen molar-refractivity contribution in [1.82, 2.24) is 0 Å². The fourth-order valence-electron chi connectivity index (χ4n) is 0.728. The van der Waals surface area contributed by atoms with Crippen LogP contribution >= 0.6 is 0 Å². The number of hydrogen-bond acceptors (Lipinski definition) is 0. The van der Waals surface area contributed by atoms with Crippen molar-refractivity contribution in [2.75, 3.05) is 0 Å². The molecule has 0 aromatic carbocycles. The Hall–Kier alpha value is -0.280. The molecule has 1 atom stereocenters. The standard InChI is InChI=1S/C7H12F4/c1-2-6(8)4-3-5-7(9,10)11/h6H,2-5H2,1H3. The first-order chi connectivity index (χ1) is 4.95. The van der Waals surface area contributed by atoms with E-state index in [0.717, 1.165) is 0 Å². The van der Waals surface area contributed by atoms with Crippen LogP contribution in [0.25, 0.3) is 0 Å². The third kappa shape index (κ3) is 7.62. The Morgan fingerprint density at radius 3 is 2.18 bits per heavy atom. The van der Waals surface area contributed by atoms with E-state index in [1.165, 1.54) is 0 Å². The summed E-state index contributed by atoms with van der Waals surface area (Å²) in [5.74, 6) is 0. The van der Waals surface area contributed by atoms with Gasteiger partial charge in [-0.2, -0.15) is 13.2 Å². The lowest BCUT2D eigenvalue weighted by Crippen LogP contribution is -2.08. The van der Waals surface area contributed by atoms with Gasteiger partial charge in [0.2, 0.25) is 0 Å². The van der Waals surface area contributed by atoms with Crippen molar-refractivity contribution in [2.24, 2.45) is 0 Å². The fourth-order valence-corrected chi connectivity index (χ4v) is 0.728. The summed E-state index contributed by atoms with van der Waals surface area (Å²) in [5, 5.41) is 0.